The topological polar surface area (TPSA) is 171 Å². The number of nitrogens with one attached hydrogen (secondary N) is 3. The smallest absolute Gasteiger partial charge is 0.326 e. The molecule has 10 nitrogen and oxygen atoms in total. The van der Waals surface area contributed by atoms with Gasteiger partial charge in [0.15, 0.2) is 0 Å². The molecule has 30 heavy (non-hydrogen) atoms. The van der Waals surface area contributed by atoms with Crippen molar-refractivity contribution in [1.29, 1.82) is 0 Å². The number of aliphatic hydroxyl groups excluding tert-OH is 1. The first-order chi connectivity index (χ1) is 13.9. The van der Waals surface area contributed by atoms with E-state index >= 15 is 0 Å². The van der Waals surface area contributed by atoms with Crippen LogP contribution in [-0.2, 0) is 19.2 Å². The molecule has 0 aliphatic carbocycles. The second-order valence-corrected chi connectivity index (χ2v) is 8.88. The molecular formula is C19H36N4O6S. The average Bonchev–Trinajstić information content (AvgIpc) is 2.65. The van der Waals surface area contributed by atoms with Gasteiger partial charge in [0.25, 0.3) is 0 Å². The number of carbonyl (C=O) groups excluding carboxylic acids is 3. The van der Waals surface area contributed by atoms with Crippen LogP contribution in [0, 0.1) is 11.8 Å². The lowest BCUT2D eigenvalue weighted by molar-refractivity contribution is -0.142. The Labute approximate surface area is 182 Å². The molecule has 0 saturated heterocycles. The zero-order valence-electron chi connectivity index (χ0n) is 18.3. The molecule has 0 fully saturated rings. The quantitative estimate of drug-likeness (QED) is 0.202. The molecule has 0 aromatic heterocycles. The molecule has 0 aromatic carbocycles. The minimum Gasteiger partial charge on any atom is -0.480 e. The van der Waals surface area contributed by atoms with E-state index in [1.54, 1.807) is 13.8 Å². The molecule has 0 spiro atoms. The van der Waals surface area contributed by atoms with Crippen LogP contribution in [0.4, 0.5) is 0 Å². The number of nitrogens with two attached hydrogens (primary N) is 1. The molecule has 3 amide bonds. The zero-order valence-corrected chi connectivity index (χ0v) is 19.1. The Morgan fingerprint density at radius 2 is 1.50 bits per heavy atom. The number of aliphatic hydroxyl groups is 1. The van der Waals surface area contributed by atoms with Gasteiger partial charge in [-0.2, -0.15) is 11.8 Å². The largest absolute Gasteiger partial charge is 0.480 e. The summed E-state index contributed by atoms with van der Waals surface area (Å²) in [7, 11) is 0. The van der Waals surface area contributed by atoms with Crippen molar-refractivity contribution < 1.29 is 29.4 Å². The molecule has 4 unspecified atom stereocenters. The van der Waals surface area contributed by atoms with Crippen LogP contribution in [0.15, 0.2) is 0 Å². The molecule has 11 heteroatoms. The number of aliphatic carboxylic acids is 1. The molecule has 0 bridgehead atoms. The van der Waals surface area contributed by atoms with Gasteiger partial charge in [-0.25, -0.2) is 4.79 Å². The highest BCUT2D eigenvalue weighted by molar-refractivity contribution is 7.98. The first-order valence-electron chi connectivity index (χ1n) is 9.93. The number of rotatable bonds is 14. The number of hydrogen-bond donors (Lipinski definition) is 6. The van der Waals surface area contributed by atoms with Crippen LogP contribution in [0.3, 0.4) is 0 Å². The average molecular weight is 449 g/mol. The number of thioether (sulfide) groups is 1. The lowest BCUT2D eigenvalue weighted by atomic mass is 10.0. The summed E-state index contributed by atoms with van der Waals surface area (Å²) in [5.41, 5.74) is 5.80. The maximum atomic E-state index is 12.6. The fourth-order valence-corrected chi connectivity index (χ4v) is 3.10. The number of carboxylic acid groups (broad SMARTS) is 1. The van der Waals surface area contributed by atoms with Crippen LogP contribution in [0.2, 0.25) is 0 Å². The molecule has 174 valence electrons. The van der Waals surface area contributed by atoms with Crippen molar-refractivity contribution in [3.05, 3.63) is 0 Å². The second kappa shape index (κ2) is 14.2. The maximum absolute atomic E-state index is 12.6. The van der Waals surface area contributed by atoms with E-state index in [4.69, 9.17) is 5.73 Å². The summed E-state index contributed by atoms with van der Waals surface area (Å²) in [6.07, 6.45) is 2.48. The molecule has 4 atom stereocenters. The highest BCUT2D eigenvalue weighted by Crippen LogP contribution is 2.07. The Balaban J connectivity index is 5.12. The van der Waals surface area contributed by atoms with E-state index in [9.17, 15) is 29.4 Å². The SMILES string of the molecule is CSCCC(NC(=O)C(NC(=O)C(CO)NC(=O)C(N)CC(C)C)C(C)C)C(=O)O. The predicted molar refractivity (Wildman–Crippen MR) is 116 cm³/mol. The van der Waals surface area contributed by atoms with E-state index in [0.717, 1.165) is 0 Å². The van der Waals surface area contributed by atoms with Crippen molar-refractivity contribution >= 4 is 35.5 Å². The van der Waals surface area contributed by atoms with E-state index in [1.165, 1.54) is 11.8 Å². The summed E-state index contributed by atoms with van der Waals surface area (Å²) in [5, 5.41) is 26.1. The lowest BCUT2D eigenvalue weighted by Gasteiger charge is -2.26. The Bertz CT molecular complexity index is 587. The maximum Gasteiger partial charge on any atom is 0.326 e. The van der Waals surface area contributed by atoms with Gasteiger partial charge in [-0.1, -0.05) is 27.7 Å². The van der Waals surface area contributed by atoms with E-state index in [2.05, 4.69) is 16.0 Å². The zero-order chi connectivity index (χ0) is 23.4. The third-order valence-corrected chi connectivity index (χ3v) is 4.99. The van der Waals surface area contributed by atoms with Gasteiger partial charge in [0, 0.05) is 0 Å². The Morgan fingerprint density at radius 1 is 0.933 bits per heavy atom. The molecule has 0 heterocycles. The molecule has 0 saturated carbocycles. The first-order valence-corrected chi connectivity index (χ1v) is 11.3. The Hall–Kier alpha value is -1.85. The van der Waals surface area contributed by atoms with Gasteiger partial charge in [-0.3, -0.25) is 14.4 Å². The van der Waals surface area contributed by atoms with Crippen LogP contribution in [0.5, 0.6) is 0 Å². The standard InChI is InChI=1S/C19H36N4O6S/c1-10(2)8-12(20)16(25)22-14(9-24)17(26)23-15(11(3)4)18(27)21-13(19(28)29)6-7-30-5/h10-15,24H,6-9,20H2,1-5H3,(H,21,27)(H,22,25)(H,23,26)(H,28,29). The van der Waals surface area contributed by atoms with E-state index < -0.39 is 54.5 Å². The minimum atomic E-state index is -1.28. The van der Waals surface area contributed by atoms with Crippen LogP contribution in [0.25, 0.3) is 0 Å². The molecule has 0 radical (unpaired) electrons. The highest BCUT2D eigenvalue weighted by atomic mass is 32.2. The van der Waals surface area contributed by atoms with Gasteiger partial charge < -0.3 is 31.9 Å². The van der Waals surface area contributed by atoms with E-state index in [1.807, 2.05) is 20.1 Å². The van der Waals surface area contributed by atoms with Crippen molar-refractivity contribution in [3.8, 4) is 0 Å². The summed E-state index contributed by atoms with van der Waals surface area (Å²) in [4.78, 5) is 48.7. The summed E-state index contributed by atoms with van der Waals surface area (Å²) in [6, 6.07) is -4.23. The number of hydrogen-bond acceptors (Lipinski definition) is 7. The van der Waals surface area contributed by atoms with Crippen molar-refractivity contribution in [2.45, 2.75) is 64.7 Å². The van der Waals surface area contributed by atoms with Crippen LogP contribution < -0.4 is 21.7 Å². The predicted octanol–water partition coefficient (Wildman–Crippen LogP) is -0.700. The molecule has 0 rings (SSSR count). The van der Waals surface area contributed by atoms with Gasteiger partial charge >= 0.3 is 5.97 Å². The summed E-state index contributed by atoms with van der Waals surface area (Å²) >= 11 is 1.46. The highest BCUT2D eigenvalue weighted by Gasteiger charge is 2.31. The van der Waals surface area contributed by atoms with Crippen molar-refractivity contribution in [2.24, 2.45) is 17.6 Å². The molecule has 7 N–H and O–H groups in total. The van der Waals surface area contributed by atoms with Gasteiger partial charge in [-0.05, 0) is 36.7 Å². The normalized spacial score (nSPS) is 15.2. The summed E-state index contributed by atoms with van der Waals surface area (Å²) in [5.74, 6) is -2.78. The number of amides is 3. The van der Waals surface area contributed by atoms with Crippen LogP contribution in [-0.4, -0.2) is 76.7 Å². The van der Waals surface area contributed by atoms with E-state index in [-0.39, 0.29) is 18.3 Å². The van der Waals surface area contributed by atoms with Crippen LogP contribution in [0.1, 0.15) is 40.5 Å². The molecule has 0 aliphatic rings. The van der Waals surface area contributed by atoms with E-state index in [0.29, 0.717) is 12.2 Å². The van der Waals surface area contributed by atoms with Crippen molar-refractivity contribution in [2.75, 3.05) is 18.6 Å². The monoisotopic (exact) mass is 448 g/mol. The number of carbonyl (C=O) groups is 4. The first kappa shape index (κ1) is 28.1. The van der Waals surface area contributed by atoms with Gasteiger partial charge in [0.1, 0.15) is 18.1 Å². The van der Waals surface area contributed by atoms with Gasteiger partial charge in [-0.15, -0.1) is 0 Å². The van der Waals surface area contributed by atoms with Crippen LogP contribution >= 0.6 is 11.8 Å². The number of carboxylic acids is 1. The minimum absolute atomic E-state index is 0.175. The molecule has 0 aliphatic heterocycles. The third kappa shape index (κ3) is 10.3. The summed E-state index contributed by atoms with van der Waals surface area (Å²) < 4.78 is 0. The molecular weight excluding hydrogens is 412 g/mol. The molecule has 0 aromatic rings. The Kier molecular flexibility index (Phi) is 13.3. The fraction of sp³-hybridized carbons (Fsp3) is 0.789. The fourth-order valence-electron chi connectivity index (χ4n) is 2.63. The second-order valence-electron chi connectivity index (χ2n) is 7.89. The third-order valence-electron chi connectivity index (χ3n) is 4.35. The summed E-state index contributed by atoms with van der Waals surface area (Å²) in [6.45, 7) is 6.50. The van der Waals surface area contributed by atoms with Gasteiger partial charge in [0.05, 0.1) is 12.6 Å². The van der Waals surface area contributed by atoms with Crippen molar-refractivity contribution in [3.63, 3.8) is 0 Å². The van der Waals surface area contributed by atoms with Gasteiger partial charge in [0.2, 0.25) is 17.7 Å². The van der Waals surface area contributed by atoms with Crippen molar-refractivity contribution in [1.82, 2.24) is 16.0 Å². The lowest BCUT2D eigenvalue weighted by Crippen LogP contribution is -2.59. The Morgan fingerprint density at radius 3 is 1.93 bits per heavy atom.